The number of pyridine rings is 1. The summed E-state index contributed by atoms with van der Waals surface area (Å²) < 4.78 is 50.2. The van der Waals surface area contributed by atoms with Crippen molar-refractivity contribution in [3.8, 4) is 5.75 Å². The van der Waals surface area contributed by atoms with Crippen LogP contribution in [-0.2, 0) is 10.9 Å². The first-order chi connectivity index (χ1) is 18.6. The summed E-state index contributed by atoms with van der Waals surface area (Å²) in [6, 6.07) is 8.12. The first kappa shape index (κ1) is 28.8. The van der Waals surface area contributed by atoms with Gasteiger partial charge >= 0.3 is 6.18 Å². The lowest BCUT2D eigenvalue weighted by atomic mass is 9.93. The van der Waals surface area contributed by atoms with Gasteiger partial charge in [-0.25, -0.2) is 9.97 Å². The molecule has 0 saturated heterocycles. The molecule has 4 rings (SSSR count). The summed E-state index contributed by atoms with van der Waals surface area (Å²) >= 11 is 6.81. The van der Waals surface area contributed by atoms with Crippen LogP contribution in [0.25, 0.3) is 0 Å². The Hall–Kier alpha value is -3.25. The number of H-pyrrole nitrogens is 1. The maximum Gasteiger partial charge on any atom is 0.418 e. The van der Waals surface area contributed by atoms with Crippen LogP contribution in [0.4, 0.5) is 19.0 Å². The van der Waals surface area contributed by atoms with Gasteiger partial charge in [-0.3, -0.25) is 10.1 Å². The molecule has 0 aliphatic heterocycles. The van der Waals surface area contributed by atoms with Gasteiger partial charge < -0.3 is 14.8 Å². The number of rotatable bonds is 9. The molecule has 2 unspecified atom stereocenters. The highest BCUT2D eigenvalue weighted by atomic mass is 35.5. The Morgan fingerprint density at radius 3 is 2.62 bits per heavy atom. The summed E-state index contributed by atoms with van der Waals surface area (Å²) in [5.74, 6) is -0.0892. The van der Waals surface area contributed by atoms with Crippen LogP contribution in [-0.4, -0.2) is 31.2 Å². The topological polar surface area (TPSA) is 86.6 Å². The van der Waals surface area contributed by atoms with Gasteiger partial charge in [0.25, 0.3) is 10.9 Å². The standard InChI is InChI=1S/C27H26ClF3N4O3S/c1-15(34-24(16-4-8-18(37-2)9-5-16)17-6-10-19(38-3)11-7-17)26-33-14-22(39-26)25(36)35-23-12-20(27(29,30)31)21(28)13-32-23/h4-10,12-15,19,24,34H,11H2,1-3H3,(H,32,35,36)/p+1/t15-,19?,24?/m1/s1. The van der Waals surface area contributed by atoms with Gasteiger partial charge in [0.1, 0.15) is 17.6 Å². The van der Waals surface area contributed by atoms with E-state index in [2.05, 4.69) is 26.7 Å². The second-order valence-electron chi connectivity index (χ2n) is 8.79. The van der Waals surface area contributed by atoms with E-state index in [4.69, 9.17) is 21.1 Å². The second kappa shape index (κ2) is 12.3. The number of methoxy groups -OCH3 is 2. The molecule has 39 heavy (non-hydrogen) atoms. The molecule has 2 aromatic heterocycles. The summed E-state index contributed by atoms with van der Waals surface area (Å²) in [6.07, 6.45) is 4.67. The summed E-state index contributed by atoms with van der Waals surface area (Å²) in [5, 5.41) is 6.24. The number of carbonyl (C=O) groups excluding carboxylic acids is 1. The molecular formula is C27H27ClF3N4O3S+. The first-order valence-electron chi connectivity index (χ1n) is 12.0. The molecule has 0 saturated carbocycles. The Labute approximate surface area is 232 Å². The minimum Gasteiger partial charge on any atom is -0.497 e. The van der Waals surface area contributed by atoms with Crippen LogP contribution in [0, 0.1) is 0 Å². The molecule has 3 atom stereocenters. The maximum atomic E-state index is 13.2. The van der Waals surface area contributed by atoms with Crippen molar-refractivity contribution < 1.29 is 32.4 Å². The maximum absolute atomic E-state index is 13.2. The molecule has 0 radical (unpaired) electrons. The van der Waals surface area contributed by atoms with Gasteiger partial charge in [0, 0.05) is 13.3 Å². The Balaban J connectivity index is 1.51. The van der Waals surface area contributed by atoms with E-state index in [0.29, 0.717) is 6.07 Å². The Bertz CT molecular complexity index is 1380. The molecule has 1 aromatic carbocycles. The summed E-state index contributed by atoms with van der Waals surface area (Å²) in [6.45, 7) is 1.96. The van der Waals surface area contributed by atoms with Crippen LogP contribution >= 0.6 is 22.9 Å². The molecule has 7 nitrogen and oxygen atoms in total. The Kier molecular flexibility index (Phi) is 9.06. The van der Waals surface area contributed by atoms with E-state index in [0.717, 1.165) is 34.5 Å². The fourth-order valence-corrected chi connectivity index (χ4v) is 5.13. The number of aromatic nitrogens is 2. The van der Waals surface area contributed by atoms with Crippen molar-refractivity contribution >= 4 is 34.7 Å². The highest BCUT2D eigenvalue weighted by molar-refractivity contribution is 7.13. The van der Waals surface area contributed by atoms with Crippen LogP contribution in [0.3, 0.4) is 0 Å². The zero-order valence-corrected chi connectivity index (χ0v) is 22.9. The number of aromatic amines is 1. The van der Waals surface area contributed by atoms with Crippen LogP contribution in [0.1, 0.15) is 51.2 Å². The molecule has 1 amide bonds. The highest BCUT2D eigenvalue weighted by Gasteiger charge is 2.34. The third-order valence-corrected chi connectivity index (χ3v) is 7.69. The highest BCUT2D eigenvalue weighted by Crippen LogP contribution is 2.35. The number of carbonyl (C=O) groups is 1. The van der Waals surface area contributed by atoms with Crippen LogP contribution < -0.4 is 20.4 Å². The van der Waals surface area contributed by atoms with E-state index in [9.17, 15) is 18.0 Å². The number of nitrogens with zero attached hydrogens (tertiary/aromatic N) is 1. The molecule has 2 heterocycles. The van der Waals surface area contributed by atoms with Crippen LogP contribution in [0.15, 0.2) is 66.5 Å². The second-order valence-corrected chi connectivity index (χ2v) is 10.3. The fraction of sp³-hybridized carbons (Fsp3) is 0.296. The predicted molar refractivity (Wildman–Crippen MR) is 143 cm³/mol. The number of anilines is 1. The number of hydrogen-bond acceptors (Lipinski definition) is 6. The van der Waals surface area contributed by atoms with Crippen molar-refractivity contribution in [3.63, 3.8) is 0 Å². The number of hydrogen-bond donors (Lipinski definition) is 2. The molecule has 3 aromatic rings. The fourth-order valence-electron chi connectivity index (χ4n) is 4.05. The largest absolute Gasteiger partial charge is 0.497 e. The van der Waals surface area contributed by atoms with Crippen LogP contribution in [0.2, 0.25) is 5.02 Å². The number of halogens is 4. The minimum atomic E-state index is -4.67. The number of nitrogens with one attached hydrogen (secondary N) is 3. The lowest BCUT2D eigenvalue weighted by Crippen LogP contribution is -2.29. The smallest absolute Gasteiger partial charge is 0.418 e. The van der Waals surface area contributed by atoms with Gasteiger partial charge in [-0.05, 0) is 42.7 Å². The molecule has 3 N–H and O–H groups in total. The van der Waals surface area contributed by atoms with E-state index in [-0.39, 0.29) is 28.9 Å². The quantitative estimate of drug-likeness (QED) is 0.316. The van der Waals surface area contributed by atoms with Gasteiger partial charge in [0.15, 0.2) is 11.1 Å². The third kappa shape index (κ3) is 7.04. The normalized spacial score (nSPS) is 16.9. The van der Waals surface area contributed by atoms with Crippen molar-refractivity contribution in [2.45, 2.75) is 37.7 Å². The first-order valence-corrected chi connectivity index (χ1v) is 13.1. The molecule has 12 heteroatoms. The molecule has 0 fully saturated rings. The number of alkyl halides is 3. The molecule has 1 aliphatic rings. The minimum absolute atomic E-state index is 0.0248. The average molecular weight is 580 g/mol. The van der Waals surface area contributed by atoms with Gasteiger partial charge in [0.05, 0.1) is 29.8 Å². The van der Waals surface area contributed by atoms with Gasteiger partial charge in [-0.15, -0.1) is 0 Å². The van der Waals surface area contributed by atoms with E-state index in [1.54, 1.807) is 14.2 Å². The summed E-state index contributed by atoms with van der Waals surface area (Å²) in [5.41, 5.74) is 1.03. The van der Waals surface area contributed by atoms with E-state index < -0.39 is 22.7 Å². The van der Waals surface area contributed by atoms with Crippen molar-refractivity contribution in [3.05, 3.63) is 92.6 Å². The molecular weight excluding hydrogens is 553 g/mol. The van der Waals surface area contributed by atoms with Crippen molar-refractivity contribution in [2.75, 3.05) is 19.5 Å². The van der Waals surface area contributed by atoms with Crippen LogP contribution in [0.5, 0.6) is 5.75 Å². The number of amides is 1. The van der Waals surface area contributed by atoms with E-state index >= 15 is 0 Å². The van der Waals surface area contributed by atoms with E-state index in [1.165, 1.54) is 17.5 Å². The lowest BCUT2D eigenvalue weighted by Gasteiger charge is -2.26. The molecule has 0 spiro atoms. The predicted octanol–water partition coefficient (Wildman–Crippen LogP) is 6.18. The molecule has 1 aliphatic carbocycles. The molecule has 206 valence electrons. The summed E-state index contributed by atoms with van der Waals surface area (Å²) in [7, 11) is 3.29. The average Bonchev–Trinajstić information content (AvgIpc) is 3.43. The van der Waals surface area contributed by atoms with Gasteiger partial charge in [-0.1, -0.05) is 53.3 Å². The number of thiazole rings is 1. The zero-order chi connectivity index (χ0) is 28.2. The third-order valence-electron chi connectivity index (χ3n) is 6.18. The molecule has 0 bridgehead atoms. The van der Waals surface area contributed by atoms with E-state index in [1.807, 2.05) is 43.3 Å². The monoisotopic (exact) mass is 579 g/mol. The van der Waals surface area contributed by atoms with Crippen molar-refractivity contribution in [2.24, 2.45) is 0 Å². The summed E-state index contributed by atoms with van der Waals surface area (Å²) in [4.78, 5) is 20.0. The van der Waals surface area contributed by atoms with Crippen molar-refractivity contribution in [1.82, 2.24) is 10.3 Å². The number of benzene rings is 1. The SMILES string of the molecule is COc1ccc(C(N[C@H](C)c2[nH+]cc(C(=O)Nc3cc(C(F)(F)F)c(Cl)cn3)s2)C2=CCC(OC)C=C2)cc1. The lowest BCUT2D eigenvalue weighted by molar-refractivity contribution is -0.385. The van der Waals surface area contributed by atoms with Gasteiger partial charge in [0.2, 0.25) is 0 Å². The number of ether oxygens (including phenoxy) is 2. The Morgan fingerprint density at radius 2 is 2.00 bits per heavy atom. The zero-order valence-electron chi connectivity index (χ0n) is 21.3. The van der Waals surface area contributed by atoms with Crippen molar-refractivity contribution in [1.29, 1.82) is 0 Å². The Morgan fingerprint density at radius 1 is 1.26 bits per heavy atom. The van der Waals surface area contributed by atoms with Gasteiger partial charge in [-0.2, -0.15) is 13.2 Å².